The molecular formula is C17H27NO3. The molecular weight excluding hydrogens is 266 g/mol. The predicted octanol–water partition coefficient (Wildman–Crippen LogP) is 3.41. The van der Waals surface area contributed by atoms with Crippen molar-refractivity contribution < 1.29 is 14.2 Å². The number of rotatable bonds is 8. The van der Waals surface area contributed by atoms with E-state index in [2.05, 4.69) is 19.2 Å². The van der Waals surface area contributed by atoms with E-state index in [9.17, 15) is 0 Å². The lowest BCUT2D eigenvalue weighted by molar-refractivity contribution is 0.314. The zero-order chi connectivity index (χ0) is 15.4. The number of ether oxygens (including phenoxy) is 3. The Morgan fingerprint density at radius 2 is 1.67 bits per heavy atom. The maximum atomic E-state index is 5.61. The second-order valence-electron chi connectivity index (χ2n) is 5.68. The molecule has 2 atom stereocenters. The second kappa shape index (κ2) is 7.03. The lowest BCUT2D eigenvalue weighted by atomic mass is 9.89. The summed E-state index contributed by atoms with van der Waals surface area (Å²) in [5.41, 5.74) is 1.10. The van der Waals surface area contributed by atoms with Crippen molar-refractivity contribution in [1.29, 1.82) is 0 Å². The van der Waals surface area contributed by atoms with E-state index < -0.39 is 0 Å². The molecule has 0 aliphatic heterocycles. The van der Waals surface area contributed by atoms with Crippen molar-refractivity contribution in [3.63, 3.8) is 0 Å². The summed E-state index contributed by atoms with van der Waals surface area (Å²) >= 11 is 0. The van der Waals surface area contributed by atoms with Gasteiger partial charge in [0, 0.05) is 18.2 Å². The molecule has 0 heterocycles. The summed E-state index contributed by atoms with van der Waals surface area (Å²) < 4.78 is 16.5. The molecule has 4 nitrogen and oxygen atoms in total. The molecule has 1 aliphatic carbocycles. The van der Waals surface area contributed by atoms with Gasteiger partial charge in [-0.15, -0.1) is 0 Å². The molecule has 1 saturated carbocycles. The Kier molecular flexibility index (Phi) is 5.34. The molecule has 4 heteroatoms. The van der Waals surface area contributed by atoms with Crippen LogP contribution < -0.4 is 19.5 Å². The van der Waals surface area contributed by atoms with Gasteiger partial charge >= 0.3 is 0 Å². The molecule has 0 bridgehead atoms. The molecule has 0 amide bonds. The molecule has 1 N–H and O–H groups in total. The van der Waals surface area contributed by atoms with Gasteiger partial charge in [-0.2, -0.15) is 0 Å². The maximum Gasteiger partial charge on any atom is 0.131 e. The molecule has 1 aliphatic rings. The largest absolute Gasteiger partial charge is 0.496 e. The van der Waals surface area contributed by atoms with Gasteiger partial charge in [-0.05, 0) is 31.2 Å². The van der Waals surface area contributed by atoms with Crippen molar-refractivity contribution in [3.05, 3.63) is 17.7 Å². The van der Waals surface area contributed by atoms with Crippen LogP contribution in [0.25, 0.3) is 0 Å². The Morgan fingerprint density at radius 3 is 2.05 bits per heavy atom. The average Bonchev–Trinajstić information content (AvgIpc) is 3.35. The summed E-state index contributed by atoms with van der Waals surface area (Å²) in [7, 11) is 5.05. The topological polar surface area (TPSA) is 39.7 Å². The van der Waals surface area contributed by atoms with Gasteiger partial charge in [-0.3, -0.25) is 0 Å². The van der Waals surface area contributed by atoms with Crippen molar-refractivity contribution in [3.8, 4) is 17.2 Å². The Labute approximate surface area is 127 Å². The van der Waals surface area contributed by atoms with Gasteiger partial charge in [0.05, 0.1) is 26.9 Å². The smallest absolute Gasteiger partial charge is 0.131 e. The van der Waals surface area contributed by atoms with E-state index in [1.807, 2.05) is 12.1 Å². The molecule has 0 spiro atoms. The fourth-order valence-corrected chi connectivity index (χ4v) is 3.00. The SMILES string of the molecule is CCNC(c1c(OC)cc(OC)cc1OC)C(C)C1CC1. The minimum Gasteiger partial charge on any atom is -0.496 e. The summed E-state index contributed by atoms with van der Waals surface area (Å²) in [5.74, 6) is 3.75. The van der Waals surface area contributed by atoms with Crippen LogP contribution in [0.4, 0.5) is 0 Å². The van der Waals surface area contributed by atoms with E-state index in [0.717, 1.165) is 35.3 Å². The van der Waals surface area contributed by atoms with Gasteiger partial charge in [-0.25, -0.2) is 0 Å². The summed E-state index contributed by atoms with van der Waals surface area (Å²) in [6.07, 6.45) is 2.65. The molecule has 1 aromatic carbocycles. The lowest BCUT2D eigenvalue weighted by Crippen LogP contribution is -2.28. The van der Waals surface area contributed by atoms with Crippen LogP contribution in [0.1, 0.15) is 38.3 Å². The quantitative estimate of drug-likeness (QED) is 0.797. The van der Waals surface area contributed by atoms with Crippen molar-refractivity contribution in [2.75, 3.05) is 27.9 Å². The first kappa shape index (κ1) is 16.0. The van der Waals surface area contributed by atoms with Gasteiger partial charge < -0.3 is 19.5 Å². The summed E-state index contributed by atoms with van der Waals surface area (Å²) in [5, 5.41) is 3.61. The van der Waals surface area contributed by atoms with Crippen LogP contribution >= 0.6 is 0 Å². The maximum absolute atomic E-state index is 5.61. The van der Waals surface area contributed by atoms with Crippen molar-refractivity contribution in [2.45, 2.75) is 32.7 Å². The first-order valence-corrected chi connectivity index (χ1v) is 7.69. The highest BCUT2D eigenvalue weighted by molar-refractivity contribution is 5.52. The van der Waals surface area contributed by atoms with Crippen molar-refractivity contribution in [2.24, 2.45) is 11.8 Å². The number of nitrogens with one attached hydrogen (secondary N) is 1. The van der Waals surface area contributed by atoms with Crippen LogP contribution in [-0.2, 0) is 0 Å². The van der Waals surface area contributed by atoms with Gasteiger partial charge in [0.1, 0.15) is 17.2 Å². The molecule has 118 valence electrons. The highest BCUT2D eigenvalue weighted by atomic mass is 16.5. The van der Waals surface area contributed by atoms with Crippen LogP contribution in [0, 0.1) is 11.8 Å². The van der Waals surface area contributed by atoms with E-state index in [4.69, 9.17) is 14.2 Å². The second-order valence-corrected chi connectivity index (χ2v) is 5.68. The molecule has 1 aromatic rings. The van der Waals surface area contributed by atoms with E-state index >= 15 is 0 Å². The van der Waals surface area contributed by atoms with E-state index in [-0.39, 0.29) is 6.04 Å². The minimum atomic E-state index is 0.235. The third kappa shape index (κ3) is 3.43. The predicted molar refractivity (Wildman–Crippen MR) is 84.4 cm³/mol. The monoisotopic (exact) mass is 293 g/mol. The third-order valence-corrected chi connectivity index (χ3v) is 4.38. The first-order valence-electron chi connectivity index (χ1n) is 7.69. The molecule has 0 saturated heterocycles. The lowest BCUT2D eigenvalue weighted by Gasteiger charge is -2.28. The van der Waals surface area contributed by atoms with Crippen molar-refractivity contribution in [1.82, 2.24) is 5.32 Å². The molecule has 2 rings (SSSR count). The Balaban J connectivity index is 2.45. The zero-order valence-electron chi connectivity index (χ0n) is 13.7. The average molecular weight is 293 g/mol. The minimum absolute atomic E-state index is 0.235. The number of hydrogen-bond donors (Lipinski definition) is 1. The van der Waals surface area contributed by atoms with Crippen LogP contribution in [0.2, 0.25) is 0 Å². The Hall–Kier alpha value is -1.42. The summed E-state index contributed by atoms with van der Waals surface area (Å²) in [4.78, 5) is 0. The molecule has 21 heavy (non-hydrogen) atoms. The molecule has 2 unspecified atom stereocenters. The Bertz CT molecular complexity index is 446. The first-order chi connectivity index (χ1) is 10.2. The van der Waals surface area contributed by atoms with Gasteiger partial charge in [0.2, 0.25) is 0 Å². The van der Waals surface area contributed by atoms with Gasteiger partial charge in [-0.1, -0.05) is 13.8 Å². The third-order valence-electron chi connectivity index (χ3n) is 4.38. The molecule has 0 aromatic heterocycles. The van der Waals surface area contributed by atoms with E-state index in [0.29, 0.717) is 5.92 Å². The van der Waals surface area contributed by atoms with Crippen molar-refractivity contribution >= 4 is 0 Å². The van der Waals surface area contributed by atoms with Crippen LogP contribution in [-0.4, -0.2) is 27.9 Å². The fraction of sp³-hybridized carbons (Fsp3) is 0.647. The zero-order valence-corrected chi connectivity index (χ0v) is 13.7. The van der Waals surface area contributed by atoms with Crippen LogP contribution in [0.5, 0.6) is 17.2 Å². The van der Waals surface area contributed by atoms with E-state index in [1.165, 1.54) is 12.8 Å². The Morgan fingerprint density at radius 1 is 1.10 bits per heavy atom. The fourth-order valence-electron chi connectivity index (χ4n) is 3.00. The van der Waals surface area contributed by atoms with Crippen LogP contribution in [0.15, 0.2) is 12.1 Å². The highest BCUT2D eigenvalue weighted by Gasteiger charge is 2.36. The number of benzene rings is 1. The standard InChI is InChI=1S/C17H27NO3/c1-6-18-17(11(2)12-7-8-12)16-14(20-4)9-13(19-3)10-15(16)21-5/h9-12,17-18H,6-8H2,1-5H3. The summed E-state index contributed by atoms with van der Waals surface area (Å²) in [6.45, 7) is 5.36. The number of hydrogen-bond acceptors (Lipinski definition) is 4. The molecule has 0 radical (unpaired) electrons. The normalized spacial score (nSPS) is 17.2. The highest BCUT2D eigenvalue weighted by Crippen LogP contribution is 2.47. The van der Waals surface area contributed by atoms with Crippen LogP contribution in [0.3, 0.4) is 0 Å². The molecule has 1 fully saturated rings. The van der Waals surface area contributed by atoms with Gasteiger partial charge in [0.15, 0.2) is 0 Å². The van der Waals surface area contributed by atoms with E-state index in [1.54, 1.807) is 21.3 Å². The summed E-state index contributed by atoms with van der Waals surface area (Å²) in [6, 6.07) is 4.10. The van der Waals surface area contributed by atoms with Gasteiger partial charge in [0.25, 0.3) is 0 Å². The number of methoxy groups -OCH3 is 3.